The fourth-order valence-electron chi connectivity index (χ4n) is 1.88. The van der Waals surface area contributed by atoms with E-state index < -0.39 is 10.0 Å². The molecule has 1 amide bonds. The van der Waals surface area contributed by atoms with Gasteiger partial charge in [-0.15, -0.1) is 0 Å². The molecule has 114 valence electrons. The van der Waals surface area contributed by atoms with Crippen LogP contribution in [0.25, 0.3) is 5.65 Å². The van der Waals surface area contributed by atoms with Crippen LogP contribution >= 0.6 is 0 Å². The van der Waals surface area contributed by atoms with Gasteiger partial charge in [0.05, 0.1) is 11.9 Å². The average Bonchev–Trinajstić information content (AvgIpc) is 2.79. The second-order valence-electron chi connectivity index (χ2n) is 4.71. The summed E-state index contributed by atoms with van der Waals surface area (Å²) in [6, 6.07) is 5.76. The SMILES string of the molecule is CS(=O)(=O)NCCC(=O)NCCc1cn2ccccc2n1. The number of sulfonamides is 1. The molecule has 2 N–H and O–H groups in total. The van der Waals surface area contributed by atoms with E-state index in [2.05, 4.69) is 15.0 Å². The number of hydrogen-bond donors (Lipinski definition) is 2. The summed E-state index contributed by atoms with van der Waals surface area (Å²) in [6.45, 7) is 0.584. The van der Waals surface area contributed by atoms with Crippen molar-refractivity contribution in [1.29, 1.82) is 0 Å². The third-order valence-electron chi connectivity index (χ3n) is 2.83. The molecule has 0 bridgehead atoms. The van der Waals surface area contributed by atoms with Gasteiger partial charge >= 0.3 is 0 Å². The van der Waals surface area contributed by atoms with Crippen LogP contribution in [-0.4, -0.2) is 43.1 Å². The summed E-state index contributed by atoms with van der Waals surface area (Å²) in [5.74, 6) is -0.185. The van der Waals surface area contributed by atoms with Crippen LogP contribution in [0.4, 0.5) is 0 Å². The van der Waals surface area contributed by atoms with Gasteiger partial charge < -0.3 is 9.72 Å². The predicted octanol–water partition coefficient (Wildman–Crippen LogP) is -0.0677. The second-order valence-corrected chi connectivity index (χ2v) is 6.55. The van der Waals surface area contributed by atoms with Gasteiger partial charge in [0.25, 0.3) is 0 Å². The van der Waals surface area contributed by atoms with Gasteiger partial charge in [0, 0.05) is 38.3 Å². The maximum Gasteiger partial charge on any atom is 0.221 e. The third-order valence-corrected chi connectivity index (χ3v) is 3.56. The Labute approximate surface area is 123 Å². The molecule has 0 radical (unpaired) electrons. The number of aromatic nitrogens is 2. The molecule has 7 nitrogen and oxygen atoms in total. The molecule has 0 fully saturated rings. The highest BCUT2D eigenvalue weighted by atomic mass is 32.2. The second kappa shape index (κ2) is 6.68. The third kappa shape index (κ3) is 5.16. The van der Waals surface area contributed by atoms with E-state index in [4.69, 9.17) is 0 Å². The molecule has 2 aromatic rings. The van der Waals surface area contributed by atoms with Crippen LogP contribution in [0, 0.1) is 0 Å². The zero-order valence-corrected chi connectivity index (χ0v) is 12.6. The van der Waals surface area contributed by atoms with Gasteiger partial charge in [0.2, 0.25) is 15.9 Å². The number of nitrogens with one attached hydrogen (secondary N) is 2. The molecule has 0 spiro atoms. The molecule has 21 heavy (non-hydrogen) atoms. The molecule has 0 saturated heterocycles. The largest absolute Gasteiger partial charge is 0.356 e. The van der Waals surface area contributed by atoms with E-state index in [1.807, 2.05) is 35.0 Å². The van der Waals surface area contributed by atoms with Gasteiger partial charge in [0.15, 0.2) is 0 Å². The minimum Gasteiger partial charge on any atom is -0.356 e. The van der Waals surface area contributed by atoms with Crippen molar-refractivity contribution in [2.45, 2.75) is 12.8 Å². The van der Waals surface area contributed by atoms with Crippen molar-refractivity contribution in [3.63, 3.8) is 0 Å². The first-order chi connectivity index (χ1) is 9.94. The zero-order chi connectivity index (χ0) is 15.3. The Kier molecular flexibility index (Phi) is 4.92. The molecule has 8 heteroatoms. The number of hydrogen-bond acceptors (Lipinski definition) is 4. The van der Waals surface area contributed by atoms with Crippen molar-refractivity contribution in [2.75, 3.05) is 19.3 Å². The normalized spacial score (nSPS) is 11.7. The monoisotopic (exact) mass is 310 g/mol. The van der Waals surface area contributed by atoms with Crippen molar-refractivity contribution >= 4 is 21.6 Å². The van der Waals surface area contributed by atoms with Crippen LogP contribution in [0.3, 0.4) is 0 Å². The van der Waals surface area contributed by atoms with Crippen molar-refractivity contribution in [2.24, 2.45) is 0 Å². The van der Waals surface area contributed by atoms with Crippen LogP contribution in [0.2, 0.25) is 0 Å². The van der Waals surface area contributed by atoms with E-state index in [9.17, 15) is 13.2 Å². The maximum atomic E-state index is 11.5. The van der Waals surface area contributed by atoms with Gasteiger partial charge in [-0.05, 0) is 12.1 Å². The molecular weight excluding hydrogens is 292 g/mol. The molecule has 0 aliphatic carbocycles. The van der Waals surface area contributed by atoms with Crippen molar-refractivity contribution in [3.8, 4) is 0 Å². The molecule has 2 aromatic heterocycles. The van der Waals surface area contributed by atoms with Crippen LogP contribution in [-0.2, 0) is 21.2 Å². The Balaban J connectivity index is 1.72. The zero-order valence-electron chi connectivity index (χ0n) is 11.7. The summed E-state index contributed by atoms with van der Waals surface area (Å²) in [5.41, 5.74) is 1.77. The molecule has 0 saturated carbocycles. The summed E-state index contributed by atoms with van der Waals surface area (Å²) >= 11 is 0. The Morgan fingerprint density at radius 3 is 2.86 bits per heavy atom. The van der Waals surface area contributed by atoms with E-state index >= 15 is 0 Å². The highest BCUT2D eigenvalue weighted by Gasteiger charge is 2.05. The predicted molar refractivity (Wildman–Crippen MR) is 79.4 cm³/mol. The fourth-order valence-corrected chi connectivity index (χ4v) is 2.35. The van der Waals surface area contributed by atoms with Crippen molar-refractivity contribution < 1.29 is 13.2 Å². The summed E-state index contributed by atoms with van der Waals surface area (Å²) < 4.78 is 25.9. The van der Waals surface area contributed by atoms with Gasteiger partial charge in [0.1, 0.15) is 5.65 Å². The number of nitrogens with zero attached hydrogens (tertiary/aromatic N) is 2. The summed E-state index contributed by atoms with van der Waals surface area (Å²) in [5, 5.41) is 2.74. The smallest absolute Gasteiger partial charge is 0.221 e. The molecule has 2 heterocycles. The average molecular weight is 310 g/mol. The van der Waals surface area contributed by atoms with Crippen molar-refractivity contribution in [1.82, 2.24) is 19.4 Å². The Morgan fingerprint density at radius 1 is 1.33 bits per heavy atom. The van der Waals surface area contributed by atoms with Gasteiger partial charge in [-0.25, -0.2) is 18.1 Å². The maximum absolute atomic E-state index is 11.5. The van der Waals surface area contributed by atoms with Gasteiger partial charge in [-0.2, -0.15) is 0 Å². The molecule has 0 atom stereocenters. The first kappa shape index (κ1) is 15.5. The molecule has 0 unspecified atom stereocenters. The van der Waals surface area contributed by atoms with Crippen LogP contribution < -0.4 is 10.0 Å². The van der Waals surface area contributed by atoms with E-state index in [1.165, 1.54) is 0 Å². The van der Waals surface area contributed by atoms with Crippen LogP contribution in [0.15, 0.2) is 30.6 Å². The molecule has 2 rings (SSSR count). The van der Waals surface area contributed by atoms with Crippen LogP contribution in [0.1, 0.15) is 12.1 Å². The Morgan fingerprint density at radius 2 is 2.14 bits per heavy atom. The first-order valence-corrected chi connectivity index (χ1v) is 8.47. The molecule has 0 aliphatic heterocycles. The minimum atomic E-state index is -3.24. The summed E-state index contributed by atoms with van der Waals surface area (Å²) in [6.07, 6.45) is 5.66. The Hall–Kier alpha value is -1.93. The lowest BCUT2D eigenvalue weighted by molar-refractivity contribution is -0.120. The number of pyridine rings is 1. The lowest BCUT2D eigenvalue weighted by Gasteiger charge is -2.04. The van der Waals surface area contributed by atoms with E-state index in [0.29, 0.717) is 13.0 Å². The van der Waals surface area contributed by atoms with Gasteiger partial charge in [-0.1, -0.05) is 6.07 Å². The standard InChI is InChI=1S/C13H18N4O3S/c1-21(19,20)15-8-6-13(18)14-7-5-11-10-17-9-3-2-4-12(17)16-11/h2-4,9-10,15H,5-8H2,1H3,(H,14,18). The minimum absolute atomic E-state index is 0.110. The lowest BCUT2D eigenvalue weighted by atomic mass is 10.3. The van der Waals surface area contributed by atoms with Gasteiger partial charge in [-0.3, -0.25) is 4.79 Å². The van der Waals surface area contributed by atoms with Crippen LogP contribution in [0.5, 0.6) is 0 Å². The van der Waals surface area contributed by atoms with E-state index in [-0.39, 0.29) is 18.9 Å². The first-order valence-electron chi connectivity index (χ1n) is 6.58. The topological polar surface area (TPSA) is 92.6 Å². The number of imidazole rings is 1. The van der Waals surface area contributed by atoms with E-state index in [1.54, 1.807) is 0 Å². The number of rotatable bonds is 7. The lowest BCUT2D eigenvalue weighted by Crippen LogP contribution is -2.31. The quantitative estimate of drug-likeness (QED) is 0.749. The van der Waals surface area contributed by atoms with Crippen molar-refractivity contribution in [3.05, 3.63) is 36.3 Å². The summed E-state index contributed by atoms with van der Waals surface area (Å²) in [7, 11) is -3.24. The number of carbonyl (C=O) groups is 1. The highest BCUT2D eigenvalue weighted by Crippen LogP contribution is 2.04. The van der Waals surface area contributed by atoms with E-state index in [0.717, 1.165) is 17.6 Å². The number of amides is 1. The fraction of sp³-hybridized carbons (Fsp3) is 0.385. The molecule has 0 aromatic carbocycles. The molecule has 0 aliphatic rings. The summed E-state index contributed by atoms with van der Waals surface area (Å²) in [4.78, 5) is 15.9. The Bertz CT molecular complexity index is 691. The highest BCUT2D eigenvalue weighted by molar-refractivity contribution is 7.88. The molecular formula is C13H18N4O3S. The number of fused-ring (bicyclic) bond motifs is 1. The number of carbonyl (C=O) groups excluding carboxylic acids is 1.